The van der Waals surface area contributed by atoms with Gasteiger partial charge in [0.2, 0.25) is 0 Å². The maximum absolute atomic E-state index is 9.20. The summed E-state index contributed by atoms with van der Waals surface area (Å²) in [6.45, 7) is 4.84. The van der Waals surface area contributed by atoms with E-state index in [9.17, 15) is 5.11 Å². The van der Waals surface area contributed by atoms with Gasteiger partial charge in [0.25, 0.3) is 0 Å². The normalized spacial score (nSPS) is 11.2. The van der Waals surface area contributed by atoms with Crippen molar-refractivity contribution in [1.29, 1.82) is 0 Å². The van der Waals surface area contributed by atoms with Crippen molar-refractivity contribution in [2.24, 2.45) is 0 Å². The van der Waals surface area contributed by atoms with Gasteiger partial charge in [-0.3, -0.25) is 0 Å². The van der Waals surface area contributed by atoms with Crippen LogP contribution in [0.5, 0.6) is 11.5 Å². The average molecular weight is 486 g/mol. The van der Waals surface area contributed by atoms with Gasteiger partial charge in [-0.1, -0.05) is 41.4 Å². The molecular weight excluding hydrogens is 458 g/mol. The van der Waals surface area contributed by atoms with Crippen molar-refractivity contribution in [3.05, 3.63) is 57.6 Å². The van der Waals surface area contributed by atoms with Crippen LogP contribution in [0.4, 0.5) is 0 Å². The van der Waals surface area contributed by atoms with Gasteiger partial charge in [-0.05, 0) is 30.7 Å². The molecular formula is C20H28Cl4N2O3. The molecule has 3 N–H and O–H groups in total. The fourth-order valence-electron chi connectivity index (χ4n) is 2.50. The SMILES string of the molecule is COc1cc(CNCCNCC(C)O)cc(Cl)c1OCc1ccccc1Cl.Cl.Cl. The van der Waals surface area contributed by atoms with E-state index in [0.717, 1.165) is 24.2 Å². The molecule has 2 aromatic carbocycles. The average Bonchev–Trinajstić information content (AvgIpc) is 2.64. The van der Waals surface area contributed by atoms with Crippen molar-refractivity contribution in [3.63, 3.8) is 0 Å². The van der Waals surface area contributed by atoms with Crippen molar-refractivity contribution in [2.75, 3.05) is 26.7 Å². The molecule has 0 aromatic heterocycles. The maximum Gasteiger partial charge on any atom is 0.180 e. The zero-order chi connectivity index (χ0) is 19.6. The zero-order valence-corrected chi connectivity index (χ0v) is 19.6. The lowest BCUT2D eigenvalue weighted by molar-refractivity contribution is 0.191. The van der Waals surface area contributed by atoms with Crippen LogP contribution in [-0.4, -0.2) is 38.0 Å². The van der Waals surface area contributed by atoms with E-state index in [1.165, 1.54) is 0 Å². The molecule has 2 rings (SSSR count). The number of aliphatic hydroxyl groups is 1. The molecule has 0 aliphatic heterocycles. The molecule has 0 saturated heterocycles. The lowest BCUT2D eigenvalue weighted by Crippen LogP contribution is -2.31. The van der Waals surface area contributed by atoms with Gasteiger partial charge in [-0.25, -0.2) is 0 Å². The van der Waals surface area contributed by atoms with E-state index in [-0.39, 0.29) is 30.9 Å². The molecule has 0 heterocycles. The van der Waals surface area contributed by atoms with Crippen molar-refractivity contribution in [3.8, 4) is 11.5 Å². The smallest absolute Gasteiger partial charge is 0.180 e. The largest absolute Gasteiger partial charge is 0.493 e. The Kier molecular flexibility index (Phi) is 14.5. The predicted octanol–water partition coefficient (Wildman–Crippen LogP) is 4.48. The second kappa shape index (κ2) is 15.0. The number of nitrogens with one attached hydrogen (secondary N) is 2. The van der Waals surface area contributed by atoms with E-state index >= 15 is 0 Å². The summed E-state index contributed by atoms with van der Waals surface area (Å²) in [6.07, 6.45) is -0.341. The summed E-state index contributed by atoms with van der Waals surface area (Å²) in [5.74, 6) is 1.08. The number of ether oxygens (including phenoxy) is 2. The van der Waals surface area contributed by atoms with Crippen molar-refractivity contribution in [1.82, 2.24) is 10.6 Å². The molecule has 0 bridgehead atoms. The van der Waals surface area contributed by atoms with Gasteiger partial charge in [0.15, 0.2) is 11.5 Å². The van der Waals surface area contributed by atoms with Crippen molar-refractivity contribution >= 4 is 48.0 Å². The minimum absolute atomic E-state index is 0. The quantitative estimate of drug-likeness (QED) is 0.409. The Morgan fingerprint density at radius 2 is 1.72 bits per heavy atom. The number of hydrogen-bond donors (Lipinski definition) is 3. The van der Waals surface area contributed by atoms with Crippen LogP contribution >= 0.6 is 48.0 Å². The first kappa shape index (κ1) is 28.1. The van der Waals surface area contributed by atoms with Gasteiger partial charge >= 0.3 is 0 Å². The third-order valence-electron chi connectivity index (χ3n) is 3.87. The Labute approximate surface area is 194 Å². The summed E-state index contributed by atoms with van der Waals surface area (Å²) in [5.41, 5.74) is 1.88. The first-order valence-corrected chi connectivity index (χ1v) is 9.59. The highest BCUT2D eigenvalue weighted by Gasteiger charge is 2.13. The lowest BCUT2D eigenvalue weighted by Gasteiger charge is -2.15. The maximum atomic E-state index is 9.20. The number of aliphatic hydroxyl groups excluding tert-OH is 1. The fourth-order valence-corrected chi connectivity index (χ4v) is 2.98. The van der Waals surface area contributed by atoms with Gasteiger partial charge < -0.3 is 25.2 Å². The summed E-state index contributed by atoms with van der Waals surface area (Å²) >= 11 is 12.6. The first-order valence-electron chi connectivity index (χ1n) is 8.83. The van der Waals surface area contributed by atoms with Gasteiger partial charge in [-0.2, -0.15) is 0 Å². The van der Waals surface area contributed by atoms with Crippen LogP contribution in [0.1, 0.15) is 18.1 Å². The highest BCUT2D eigenvalue weighted by molar-refractivity contribution is 6.32. The van der Waals surface area contributed by atoms with Gasteiger partial charge in [-0.15, -0.1) is 24.8 Å². The Balaban J connectivity index is 0.00000392. The van der Waals surface area contributed by atoms with Gasteiger partial charge in [0.1, 0.15) is 6.61 Å². The highest BCUT2D eigenvalue weighted by Crippen LogP contribution is 2.37. The monoisotopic (exact) mass is 484 g/mol. The number of halogens is 4. The molecule has 0 spiro atoms. The van der Waals surface area contributed by atoms with Crippen LogP contribution in [0.25, 0.3) is 0 Å². The molecule has 0 saturated carbocycles. The standard InChI is InChI=1S/C20H26Cl2N2O3.2ClH/c1-14(25)11-23-7-8-24-12-15-9-18(22)20(19(10-15)26-2)27-13-16-5-3-4-6-17(16)21;;/h3-6,9-10,14,23-25H,7-8,11-13H2,1-2H3;2*1H. The number of benzene rings is 2. The predicted molar refractivity (Wildman–Crippen MR) is 125 cm³/mol. The van der Waals surface area contributed by atoms with E-state index in [2.05, 4.69) is 10.6 Å². The molecule has 5 nitrogen and oxygen atoms in total. The summed E-state index contributed by atoms with van der Waals surface area (Å²) in [4.78, 5) is 0. The van der Waals surface area contributed by atoms with E-state index in [1.54, 1.807) is 14.0 Å². The molecule has 29 heavy (non-hydrogen) atoms. The van der Waals surface area contributed by atoms with E-state index in [4.69, 9.17) is 32.7 Å². The summed E-state index contributed by atoms with van der Waals surface area (Å²) in [6, 6.07) is 11.3. The second-order valence-corrected chi connectivity index (χ2v) is 7.03. The Bertz CT molecular complexity index is 733. The minimum atomic E-state index is -0.341. The number of hydrogen-bond acceptors (Lipinski definition) is 5. The number of rotatable bonds is 11. The number of methoxy groups -OCH3 is 1. The topological polar surface area (TPSA) is 62.8 Å². The van der Waals surface area contributed by atoms with Crippen LogP contribution in [0.2, 0.25) is 10.0 Å². The Hall–Kier alpha value is -0.920. The van der Waals surface area contributed by atoms with E-state index < -0.39 is 0 Å². The Morgan fingerprint density at radius 3 is 2.38 bits per heavy atom. The molecule has 0 amide bonds. The fraction of sp³-hybridized carbons (Fsp3) is 0.400. The van der Waals surface area contributed by atoms with Crippen LogP contribution in [-0.2, 0) is 13.2 Å². The molecule has 0 radical (unpaired) electrons. The van der Waals surface area contributed by atoms with Gasteiger partial charge in [0, 0.05) is 36.8 Å². The highest BCUT2D eigenvalue weighted by atomic mass is 35.5. The van der Waals surface area contributed by atoms with Crippen LogP contribution in [0.15, 0.2) is 36.4 Å². The molecule has 0 fully saturated rings. The van der Waals surface area contributed by atoms with Crippen LogP contribution in [0.3, 0.4) is 0 Å². The third kappa shape index (κ3) is 9.62. The molecule has 0 aliphatic carbocycles. The molecule has 1 atom stereocenters. The van der Waals surface area contributed by atoms with Crippen LogP contribution < -0.4 is 20.1 Å². The summed E-state index contributed by atoms with van der Waals surface area (Å²) < 4.78 is 11.3. The second-order valence-electron chi connectivity index (χ2n) is 6.22. The minimum Gasteiger partial charge on any atom is -0.493 e. The molecule has 9 heteroatoms. The van der Waals surface area contributed by atoms with Crippen LogP contribution in [0, 0.1) is 0 Å². The summed E-state index contributed by atoms with van der Waals surface area (Å²) in [7, 11) is 1.59. The molecule has 164 valence electrons. The molecule has 2 aromatic rings. The third-order valence-corrected chi connectivity index (χ3v) is 4.52. The zero-order valence-electron chi connectivity index (χ0n) is 16.4. The van der Waals surface area contributed by atoms with Crippen molar-refractivity contribution < 1.29 is 14.6 Å². The van der Waals surface area contributed by atoms with Gasteiger partial charge in [0.05, 0.1) is 18.2 Å². The van der Waals surface area contributed by atoms with E-state index in [1.807, 2.05) is 36.4 Å². The van der Waals surface area contributed by atoms with E-state index in [0.29, 0.717) is 41.2 Å². The summed E-state index contributed by atoms with van der Waals surface area (Å²) in [5, 5.41) is 16.8. The van der Waals surface area contributed by atoms with Crippen molar-refractivity contribution in [2.45, 2.75) is 26.2 Å². The Morgan fingerprint density at radius 1 is 1.03 bits per heavy atom. The lowest BCUT2D eigenvalue weighted by atomic mass is 10.2. The first-order chi connectivity index (χ1) is 13.0. The molecule has 0 aliphatic rings. The molecule has 1 unspecified atom stereocenters.